The van der Waals surface area contributed by atoms with Gasteiger partial charge in [0.05, 0.1) is 24.7 Å². The number of ether oxygens (including phenoxy) is 1. The van der Waals surface area contributed by atoms with Crippen molar-refractivity contribution in [2.24, 2.45) is 10.1 Å². The highest BCUT2D eigenvalue weighted by atomic mass is 19.4. The van der Waals surface area contributed by atoms with Crippen LogP contribution in [0.3, 0.4) is 0 Å². The molecule has 0 N–H and O–H groups in total. The number of hydrogen-bond donors (Lipinski definition) is 0. The van der Waals surface area contributed by atoms with Crippen LogP contribution >= 0.6 is 0 Å². The molecule has 5 nitrogen and oxygen atoms in total. The summed E-state index contributed by atoms with van der Waals surface area (Å²) in [4.78, 5) is 11.4. The second-order valence-electron chi connectivity index (χ2n) is 6.61. The third-order valence-electron chi connectivity index (χ3n) is 4.53. The Hall–Kier alpha value is -2.25. The maximum atomic E-state index is 13.6. The number of oxime groups is 1. The van der Waals surface area contributed by atoms with Gasteiger partial charge in [-0.3, -0.25) is 0 Å². The van der Waals surface area contributed by atoms with E-state index in [-0.39, 0.29) is 17.4 Å². The molecule has 0 aliphatic heterocycles. The number of nitrogens with zero attached hydrogens (tertiary/aromatic N) is 3. The van der Waals surface area contributed by atoms with Gasteiger partial charge in [0, 0.05) is 19.7 Å². The average molecular weight is 385 g/mol. The minimum Gasteiger partial charge on any atom is -0.496 e. The van der Waals surface area contributed by atoms with Crippen LogP contribution in [0.2, 0.25) is 0 Å². The molecular formula is C19H26F3N3O2. The van der Waals surface area contributed by atoms with E-state index >= 15 is 0 Å². The van der Waals surface area contributed by atoms with Gasteiger partial charge in [0.15, 0.2) is 5.71 Å². The minimum atomic E-state index is -4.66. The Kier molecular flexibility index (Phi) is 7.10. The molecule has 1 saturated carbocycles. The summed E-state index contributed by atoms with van der Waals surface area (Å²) in [5.41, 5.74) is -0.114. The lowest BCUT2D eigenvalue weighted by Gasteiger charge is -2.17. The zero-order valence-electron chi connectivity index (χ0n) is 16.1. The van der Waals surface area contributed by atoms with E-state index < -0.39 is 11.9 Å². The van der Waals surface area contributed by atoms with Crippen LogP contribution in [0, 0.1) is 6.92 Å². The lowest BCUT2D eigenvalue weighted by molar-refractivity contribution is -0.0632. The molecule has 27 heavy (non-hydrogen) atoms. The summed E-state index contributed by atoms with van der Waals surface area (Å²) in [5, 5.41) is 3.48. The Morgan fingerprint density at radius 3 is 2.52 bits per heavy atom. The van der Waals surface area contributed by atoms with Crippen molar-refractivity contribution < 1.29 is 22.7 Å². The molecule has 150 valence electrons. The second kappa shape index (κ2) is 9.10. The van der Waals surface area contributed by atoms with Crippen molar-refractivity contribution in [2.75, 3.05) is 20.7 Å². The molecule has 0 atom stereocenters. The van der Waals surface area contributed by atoms with Gasteiger partial charge in [-0.15, -0.1) is 0 Å². The number of alkyl halides is 3. The molecule has 0 bridgehead atoms. The van der Waals surface area contributed by atoms with Crippen molar-refractivity contribution in [3.63, 3.8) is 0 Å². The van der Waals surface area contributed by atoms with Crippen molar-refractivity contribution >= 4 is 17.7 Å². The lowest BCUT2D eigenvalue weighted by atomic mass is 10.0. The first kappa shape index (κ1) is 21.1. The van der Waals surface area contributed by atoms with Crippen molar-refractivity contribution in [1.82, 2.24) is 4.90 Å². The molecule has 0 heterocycles. The van der Waals surface area contributed by atoms with Crippen LogP contribution in [0.25, 0.3) is 0 Å². The Balaban J connectivity index is 2.41. The van der Waals surface area contributed by atoms with Crippen LogP contribution < -0.4 is 4.74 Å². The third kappa shape index (κ3) is 5.61. The fraction of sp³-hybridized carbons (Fsp3) is 0.579. The fourth-order valence-electron chi connectivity index (χ4n) is 2.79. The first-order valence-electron chi connectivity index (χ1n) is 9.00. The molecule has 0 unspecified atom stereocenters. The van der Waals surface area contributed by atoms with Crippen LogP contribution in [0.15, 0.2) is 22.3 Å². The fourth-order valence-corrected chi connectivity index (χ4v) is 2.79. The maximum Gasteiger partial charge on any atom is 0.437 e. The number of aliphatic imine (C=N–C) groups is 1. The van der Waals surface area contributed by atoms with E-state index in [1.165, 1.54) is 19.2 Å². The highest BCUT2D eigenvalue weighted by Gasteiger charge is 2.40. The highest BCUT2D eigenvalue weighted by molar-refractivity contribution is 6.07. The van der Waals surface area contributed by atoms with Crippen LogP contribution in [-0.4, -0.2) is 49.9 Å². The Morgan fingerprint density at radius 1 is 1.30 bits per heavy atom. The van der Waals surface area contributed by atoms with E-state index in [1.807, 2.05) is 18.9 Å². The van der Waals surface area contributed by atoms with Gasteiger partial charge in [-0.1, -0.05) is 5.16 Å². The van der Waals surface area contributed by atoms with Gasteiger partial charge in [-0.05, 0) is 51.2 Å². The summed E-state index contributed by atoms with van der Waals surface area (Å²) < 4.78 is 46.1. The maximum absolute atomic E-state index is 13.6. The van der Waals surface area contributed by atoms with Gasteiger partial charge in [0.1, 0.15) is 11.9 Å². The summed E-state index contributed by atoms with van der Waals surface area (Å²) >= 11 is 0. The van der Waals surface area contributed by atoms with Crippen LogP contribution in [0.5, 0.6) is 5.75 Å². The number of benzene rings is 1. The molecule has 2 rings (SSSR count). The van der Waals surface area contributed by atoms with Gasteiger partial charge in [0.25, 0.3) is 0 Å². The van der Waals surface area contributed by atoms with E-state index in [0.29, 0.717) is 11.3 Å². The van der Waals surface area contributed by atoms with Gasteiger partial charge < -0.3 is 14.5 Å². The van der Waals surface area contributed by atoms with Crippen molar-refractivity contribution in [3.05, 3.63) is 23.3 Å². The molecule has 1 aromatic carbocycles. The molecule has 0 spiro atoms. The predicted molar refractivity (Wildman–Crippen MR) is 100 cm³/mol. The first-order chi connectivity index (χ1) is 12.8. The molecule has 0 saturated heterocycles. The zero-order chi connectivity index (χ0) is 20.0. The van der Waals surface area contributed by atoms with E-state index in [9.17, 15) is 13.2 Å². The summed E-state index contributed by atoms with van der Waals surface area (Å²) in [5.74, 6) is 0.0537. The molecule has 1 aliphatic rings. The summed E-state index contributed by atoms with van der Waals surface area (Å²) in [6, 6.07) is 2.88. The topological polar surface area (TPSA) is 46.4 Å². The van der Waals surface area contributed by atoms with E-state index in [2.05, 4.69) is 10.1 Å². The van der Waals surface area contributed by atoms with Crippen molar-refractivity contribution in [1.29, 1.82) is 0 Å². The van der Waals surface area contributed by atoms with E-state index in [1.54, 1.807) is 13.3 Å². The van der Waals surface area contributed by atoms with Crippen molar-refractivity contribution in [3.8, 4) is 5.75 Å². The van der Waals surface area contributed by atoms with E-state index in [4.69, 9.17) is 9.57 Å². The highest BCUT2D eigenvalue weighted by Crippen LogP contribution is 2.34. The standard InChI is InChI=1S/C19H26F3N3O2/c1-5-25(3)12-23-16-11-17(26-4)15(10-13(16)2)18(19(20,21)22)24-27-14-8-6-7-9-14/h10-12,14H,5-9H2,1-4H3. The molecule has 0 amide bonds. The second-order valence-corrected chi connectivity index (χ2v) is 6.61. The Labute approximate surface area is 157 Å². The van der Waals surface area contributed by atoms with Crippen LogP contribution in [0.1, 0.15) is 43.7 Å². The van der Waals surface area contributed by atoms with Gasteiger partial charge >= 0.3 is 6.18 Å². The largest absolute Gasteiger partial charge is 0.496 e. The summed E-state index contributed by atoms with van der Waals surface area (Å²) in [7, 11) is 3.19. The van der Waals surface area contributed by atoms with E-state index in [0.717, 1.165) is 32.2 Å². The number of hydrogen-bond acceptors (Lipinski definition) is 4. The predicted octanol–water partition coefficient (Wildman–Crippen LogP) is 4.84. The van der Waals surface area contributed by atoms with Gasteiger partial charge in [-0.25, -0.2) is 4.99 Å². The average Bonchev–Trinajstić information content (AvgIpc) is 3.13. The normalized spacial score (nSPS) is 16.2. The monoisotopic (exact) mass is 385 g/mol. The zero-order valence-corrected chi connectivity index (χ0v) is 16.1. The molecule has 1 aromatic rings. The Morgan fingerprint density at radius 2 is 1.96 bits per heavy atom. The first-order valence-corrected chi connectivity index (χ1v) is 9.00. The van der Waals surface area contributed by atoms with Crippen LogP contribution in [0.4, 0.5) is 18.9 Å². The molecular weight excluding hydrogens is 359 g/mol. The van der Waals surface area contributed by atoms with Crippen LogP contribution in [-0.2, 0) is 4.84 Å². The number of rotatable bonds is 7. The summed E-state index contributed by atoms with van der Waals surface area (Å²) in [6.45, 7) is 4.44. The quantitative estimate of drug-likeness (QED) is 0.383. The molecule has 0 radical (unpaired) electrons. The molecule has 0 aromatic heterocycles. The SMILES string of the molecule is CCN(C)C=Nc1cc(OC)c(C(=NOC2CCCC2)C(F)(F)F)cc1C. The Bertz CT molecular complexity index is 696. The minimum absolute atomic E-state index is 0.0537. The number of aryl methyl sites for hydroxylation is 1. The van der Waals surface area contributed by atoms with Gasteiger partial charge in [0.2, 0.25) is 0 Å². The van der Waals surface area contributed by atoms with Gasteiger partial charge in [-0.2, -0.15) is 13.2 Å². The molecule has 1 fully saturated rings. The lowest BCUT2D eigenvalue weighted by Crippen LogP contribution is -2.26. The smallest absolute Gasteiger partial charge is 0.437 e. The molecule has 8 heteroatoms. The number of methoxy groups -OCH3 is 1. The number of halogens is 3. The van der Waals surface area contributed by atoms with Crippen molar-refractivity contribution in [2.45, 2.75) is 51.8 Å². The third-order valence-corrected chi connectivity index (χ3v) is 4.53. The molecule has 1 aliphatic carbocycles. The summed E-state index contributed by atoms with van der Waals surface area (Å²) in [6.07, 6.45) is 0.0518.